The molecule has 1 amide bonds. The van der Waals surface area contributed by atoms with E-state index < -0.39 is 11.7 Å². The lowest BCUT2D eigenvalue weighted by Gasteiger charge is -2.28. The Kier molecular flexibility index (Phi) is 4.38. The largest absolute Gasteiger partial charge is 0.306 e. The maximum Gasteiger partial charge on any atom is 0.257 e. The molecule has 0 saturated carbocycles. The van der Waals surface area contributed by atoms with Crippen molar-refractivity contribution >= 4 is 22.5 Å². The minimum atomic E-state index is -0.453. The Morgan fingerprint density at radius 1 is 1.27 bits per heavy atom. The molecule has 3 heterocycles. The average Bonchev–Trinajstić information content (AvgIpc) is 3.10. The molecule has 6 nitrogen and oxygen atoms in total. The van der Waals surface area contributed by atoms with E-state index in [2.05, 4.69) is 27.3 Å². The monoisotopic (exact) mass is 353 g/mol. The summed E-state index contributed by atoms with van der Waals surface area (Å²) in [4.78, 5) is 19.0. The molecular weight excluding hydrogens is 333 g/mol. The Balaban J connectivity index is 1.54. The normalized spacial score (nSPS) is 16.1. The first-order valence-corrected chi connectivity index (χ1v) is 8.68. The van der Waals surface area contributed by atoms with Gasteiger partial charge in [-0.05, 0) is 56.6 Å². The van der Waals surface area contributed by atoms with E-state index in [1.807, 2.05) is 10.9 Å². The van der Waals surface area contributed by atoms with E-state index in [0.29, 0.717) is 22.6 Å². The van der Waals surface area contributed by atoms with Gasteiger partial charge in [0.15, 0.2) is 5.82 Å². The van der Waals surface area contributed by atoms with E-state index in [4.69, 9.17) is 0 Å². The first kappa shape index (κ1) is 16.7. The van der Waals surface area contributed by atoms with Crippen molar-refractivity contribution in [3.63, 3.8) is 0 Å². The van der Waals surface area contributed by atoms with Gasteiger partial charge in [-0.25, -0.2) is 4.39 Å². The molecule has 1 aliphatic heterocycles. The summed E-state index contributed by atoms with van der Waals surface area (Å²) in [6.45, 7) is 2.07. The van der Waals surface area contributed by atoms with Crippen molar-refractivity contribution in [2.45, 2.75) is 18.9 Å². The number of carbonyl (C=O) groups is 1. The van der Waals surface area contributed by atoms with Crippen molar-refractivity contribution in [2.24, 2.45) is 0 Å². The number of pyridine rings is 1. The van der Waals surface area contributed by atoms with E-state index in [0.717, 1.165) is 25.9 Å². The van der Waals surface area contributed by atoms with Crippen LogP contribution in [-0.4, -0.2) is 45.7 Å². The Labute approximate surface area is 150 Å². The zero-order valence-corrected chi connectivity index (χ0v) is 14.5. The molecule has 2 aromatic heterocycles. The second-order valence-corrected chi connectivity index (χ2v) is 6.72. The van der Waals surface area contributed by atoms with Gasteiger partial charge >= 0.3 is 0 Å². The molecule has 0 spiro atoms. The van der Waals surface area contributed by atoms with Crippen LogP contribution in [0.15, 0.2) is 42.9 Å². The number of likely N-dealkylation sites (tertiary alicyclic amines) is 1. The van der Waals surface area contributed by atoms with Gasteiger partial charge in [0.1, 0.15) is 5.82 Å². The second-order valence-electron chi connectivity index (χ2n) is 6.72. The Bertz CT molecular complexity index is 946. The third kappa shape index (κ3) is 3.30. The van der Waals surface area contributed by atoms with Crippen LogP contribution in [0.1, 0.15) is 29.2 Å². The van der Waals surface area contributed by atoms with Crippen molar-refractivity contribution in [2.75, 3.05) is 25.5 Å². The molecular formula is C19H20FN5O. The lowest BCUT2D eigenvalue weighted by atomic mass is 10.1. The quantitative estimate of drug-likeness (QED) is 0.786. The zero-order chi connectivity index (χ0) is 18.1. The molecule has 1 N–H and O–H groups in total. The lowest BCUT2D eigenvalue weighted by Crippen LogP contribution is -2.31. The maximum atomic E-state index is 13.9. The van der Waals surface area contributed by atoms with Crippen LogP contribution >= 0.6 is 0 Å². The van der Waals surface area contributed by atoms with Gasteiger partial charge in [0, 0.05) is 30.0 Å². The van der Waals surface area contributed by atoms with Gasteiger partial charge < -0.3 is 10.2 Å². The molecule has 1 aliphatic rings. The van der Waals surface area contributed by atoms with E-state index in [9.17, 15) is 9.18 Å². The van der Waals surface area contributed by atoms with Crippen LogP contribution in [0.4, 0.5) is 10.2 Å². The number of hydrogen-bond donors (Lipinski definition) is 1. The fourth-order valence-corrected chi connectivity index (χ4v) is 3.40. The number of aromatic nitrogens is 3. The average molecular weight is 353 g/mol. The number of benzene rings is 1. The number of piperidine rings is 1. The number of carbonyl (C=O) groups excluding carboxylic acids is 1. The van der Waals surface area contributed by atoms with Crippen molar-refractivity contribution in [1.29, 1.82) is 0 Å². The predicted molar refractivity (Wildman–Crippen MR) is 97.6 cm³/mol. The fourth-order valence-electron chi connectivity index (χ4n) is 3.40. The standard InChI is InChI=1S/C19H20FN5O/c1-24-7-3-15(4-8-24)25-9-5-18(23-25)22-19(26)16-11-14(20)10-13-2-6-21-12-17(13)16/h2,5-6,9-12,15H,3-4,7-8H2,1H3,(H,22,23,26). The van der Waals surface area contributed by atoms with Crippen LogP contribution in [0.5, 0.6) is 0 Å². The predicted octanol–water partition coefficient (Wildman–Crippen LogP) is 3.09. The molecule has 0 bridgehead atoms. The first-order chi connectivity index (χ1) is 12.6. The molecule has 1 aromatic carbocycles. The fraction of sp³-hybridized carbons (Fsp3) is 0.316. The molecule has 1 saturated heterocycles. The number of hydrogen-bond acceptors (Lipinski definition) is 4. The van der Waals surface area contributed by atoms with Crippen molar-refractivity contribution in [3.8, 4) is 0 Å². The molecule has 7 heteroatoms. The number of fused-ring (bicyclic) bond motifs is 1. The van der Waals surface area contributed by atoms with Crippen LogP contribution in [0, 0.1) is 5.82 Å². The Hall–Kier alpha value is -2.80. The SMILES string of the molecule is CN1CCC(n2ccc(NC(=O)c3cc(F)cc4ccncc34)n2)CC1. The minimum absolute atomic E-state index is 0.252. The molecule has 3 aromatic rings. The number of rotatable bonds is 3. The smallest absolute Gasteiger partial charge is 0.257 e. The summed E-state index contributed by atoms with van der Waals surface area (Å²) in [5.41, 5.74) is 0.252. The van der Waals surface area contributed by atoms with Gasteiger partial charge in [0.05, 0.1) is 11.6 Å². The Morgan fingerprint density at radius 2 is 2.08 bits per heavy atom. The van der Waals surface area contributed by atoms with E-state index in [-0.39, 0.29) is 5.56 Å². The lowest BCUT2D eigenvalue weighted by molar-refractivity contribution is 0.102. The van der Waals surface area contributed by atoms with Gasteiger partial charge in [-0.15, -0.1) is 0 Å². The summed E-state index contributed by atoms with van der Waals surface area (Å²) in [6, 6.07) is 6.42. The highest BCUT2D eigenvalue weighted by atomic mass is 19.1. The van der Waals surface area contributed by atoms with E-state index in [1.54, 1.807) is 24.5 Å². The topological polar surface area (TPSA) is 63.0 Å². The summed E-state index contributed by atoms with van der Waals surface area (Å²) in [5.74, 6) is -0.378. The molecule has 0 unspecified atom stereocenters. The third-order valence-electron chi connectivity index (χ3n) is 4.88. The van der Waals surface area contributed by atoms with Crippen LogP contribution in [0.3, 0.4) is 0 Å². The second kappa shape index (κ2) is 6.84. The molecule has 26 heavy (non-hydrogen) atoms. The van der Waals surface area contributed by atoms with Gasteiger partial charge in [-0.3, -0.25) is 14.5 Å². The van der Waals surface area contributed by atoms with Crippen LogP contribution in [0.25, 0.3) is 10.8 Å². The summed E-state index contributed by atoms with van der Waals surface area (Å²) >= 11 is 0. The van der Waals surface area contributed by atoms with Gasteiger partial charge in [-0.2, -0.15) is 5.10 Å². The molecule has 0 radical (unpaired) electrons. The number of amides is 1. The van der Waals surface area contributed by atoms with Crippen molar-refractivity contribution in [3.05, 3.63) is 54.2 Å². The van der Waals surface area contributed by atoms with Gasteiger partial charge in [0.2, 0.25) is 0 Å². The minimum Gasteiger partial charge on any atom is -0.306 e. The number of anilines is 1. The molecule has 4 rings (SSSR count). The molecule has 134 valence electrons. The summed E-state index contributed by atoms with van der Waals surface area (Å²) in [7, 11) is 2.11. The van der Waals surface area contributed by atoms with E-state index in [1.165, 1.54) is 12.1 Å². The third-order valence-corrected chi connectivity index (χ3v) is 4.88. The summed E-state index contributed by atoms with van der Waals surface area (Å²) in [6.07, 6.45) is 7.10. The molecule has 0 atom stereocenters. The number of nitrogens with zero attached hydrogens (tertiary/aromatic N) is 4. The summed E-state index contributed by atoms with van der Waals surface area (Å²) in [5, 5.41) is 8.51. The summed E-state index contributed by atoms with van der Waals surface area (Å²) < 4.78 is 15.8. The number of halogens is 1. The van der Waals surface area contributed by atoms with Crippen molar-refractivity contribution in [1.82, 2.24) is 19.7 Å². The highest BCUT2D eigenvalue weighted by Crippen LogP contribution is 2.23. The highest BCUT2D eigenvalue weighted by Gasteiger charge is 2.20. The molecule has 0 aliphatic carbocycles. The van der Waals surface area contributed by atoms with Crippen LogP contribution in [-0.2, 0) is 0 Å². The molecule has 1 fully saturated rings. The van der Waals surface area contributed by atoms with Crippen molar-refractivity contribution < 1.29 is 9.18 Å². The van der Waals surface area contributed by atoms with Crippen LogP contribution < -0.4 is 5.32 Å². The highest BCUT2D eigenvalue weighted by molar-refractivity contribution is 6.12. The Morgan fingerprint density at radius 3 is 2.88 bits per heavy atom. The van der Waals surface area contributed by atoms with E-state index >= 15 is 0 Å². The maximum absolute atomic E-state index is 13.9. The van der Waals surface area contributed by atoms with Gasteiger partial charge in [-0.1, -0.05) is 0 Å². The van der Waals surface area contributed by atoms with Gasteiger partial charge in [0.25, 0.3) is 5.91 Å². The first-order valence-electron chi connectivity index (χ1n) is 8.68. The van der Waals surface area contributed by atoms with Crippen LogP contribution in [0.2, 0.25) is 0 Å². The number of nitrogens with one attached hydrogen (secondary N) is 1. The zero-order valence-electron chi connectivity index (χ0n) is 14.5.